The van der Waals surface area contributed by atoms with E-state index in [2.05, 4.69) is 0 Å². The number of hydrogen-bond donors (Lipinski definition) is 0. The monoisotopic (exact) mass is 360 g/mol. The lowest BCUT2D eigenvalue weighted by molar-refractivity contribution is -0.172. The summed E-state index contributed by atoms with van der Waals surface area (Å²) in [7, 11) is 0. The fraction of sp³-hybridized carbons (Fsp3) is 0.474. The summed E-state index contributed by atoms with van der Waals surface area (Å²) in [5.41, 5.74) is 1.24. The molecule has 1 fully saturated rings. The van der Waals surface area contributed by atoms with Gasteiger partial charge in [0.1, 0.15) is 0 Å². The minimum Gasteiger partial charge on any atom is -0.339 e. The lowest BCUT2D eigenvalue weighted by Gasteiger charge is -2.22. The number of imide groups is 1. The van der Waals surface area contributed by atoms with Gasteiger partial charge < -0.3 is 9.74 Å². The predicted molar refractivity (Wildman–Crippen MR) is 94.2 cm³/mol. The van der Waals surface area contributed by atoms with Crippen molar-refractivity contribution in [3.8, 4) is 0 Å². The van der Waals surface area contributed by atoms with Crippen LogP contribution in [0.5, 0.6) is 0 Å². The number of carbonyl (C=O) groups is 4. The van der Waals surface area contributed by atoms with Crippen LogP contribution in [0.15, 0.2) is 18.2 Å². The largest absolute Gasteiger partial charge is 0.363 e. The van der Waals surface area contributed by atoms with Gasteiger partial charge in [-0.05, 0) is 43.5 Å². The Kier molecular flexibility index (Phi) is 6.49. The van der Waals surface area contributed by atoms with E-state index in [4.69, 9.17) is 4.84 Å². The summed E-state index contributed by atoms with van der Waals surface area (Å²) in [6.07, 6.45) is 1.75. The summed E-state index contributed by atoms with van der Waals surface area (Å²) in [5, 5.41) is 0.507. The molecular formula is C19H24N2O5. The average Bonchev–Trinajstić information content (AvgIpc) is 2.92. The minimum atomic E-state index is -0.830. The number of carbonyl (C=O) groups excluding carboxylic acids is 4. The molecule has 0 radical (unpaired) electrons. The number of nitrogens with zero attached hydrogens (tertiary/aromatic N) is 2. The highest BCUT2D eigenvalue weighted by Gasteiger charge is 2.33. The molecule has 7 heteroatoms. The zero-order valence-electron chi connectivity index (χ0n) is 15.4. The topological polar surface area (TPSA) is 84.0 Å². The van der Waals surface area contributed by atoms with Gasteiger partial charge in [-0.3, -0.25) is 14.4 Å². The lowest BCUT2D eigenvalue weighted by atomic mass is 10.1. The maximum Gasteiger partial charge on any atom is 0.363 e. The molecule has 0 aromatic heterocycles. The molecule has 0 N–H and O–H groups in total. The molecule has 1 heterocycles. The van der Waals surface area contributed by atoms with Crippen molar-refractivity contribution in [3.05, 3.63) is 34.9 Å². The van der Waals surface area contributed by atoms with Gasteiger partial charge >= 0.3 is 5.97 Å². The first-order chi connectivity index (χ1) is 12.4. The van der Waals surface area contributed by atoms with Crippen molar-refractivity contribution < 1.29 is 24.0 Å². The fourth-order valence-corrected chi connectivity index (χ4v) is 2.86. The Morgan fingerprint density at radius 3 is 2.08 bits per heavy atom. The first kappa shape index (κ1) is 19.6. The van der Waals surface area contributed by atoms with E-state index < -0.39 is 17.8 Å². The molecule has 0 spiro atoms. The van der Waals surface area contributed by atoms with Crippen LogP contribution in [-0.4, -0.2) is 46.7 Å². The summed E-state index contributed by atoms with van der Waals surface area (Å²) < 4.78 is 0. The molecule has 1 aliphatic rings. The third kappa shape index (κ3) is 4.47. The maximum absolute atomic E-state index is 12.8. The molecular weight excluding hydrogens is 336 g/mol. The molecule has 26 heavy (non-hydrogen) atoms. The second-order valence-corrected chi connectivity index (χ2v) is 6.34. The fourth-order valence-electron chi connectivity index (χ4n) is 2.86. The van der Waals surface area contributed by atoms with Gasteiger partial charge in [-0.25, -0.2) is 4.79 Å². The van der Waals surface area contributed by atoms with Crippen molar-refractivity contribution >= 4 is 23.7 Å². The Balaban J connectivity index is 2.23. The van der Waals surface area contributed by atoms with E-state index in [9.17, 15) is 19.2 Å². The predicted octanol–water partition coefficient (Wildman–Crippen LogP) is 2.48. The molecule has 3 amide bonds. The molecule has 0 aliphatic carbocycles. The van der Waals surface area contributed by atoms with Crippen molar-refractivity contribution in [1.29, 1.82) is 0 Å². The van der Waals surface area contributed by atoms with E-state index in [0.29, 0.717) is 23.7 Å². The highest BCUT2D eigenvalue weighted by molar-refractivity contribution is 6.03. The van der Waals surface area contributed by atoms with Gasteiger partial charge in [0.2, 0.25) is 0 Å². The van der Waals surface area contributed by atoms with E-state index in [1.807, 2.05) is 13.8 Å². The average molecular weight is 360 g/mol. The molecule has 0 atom stereocenters. The molecule has 0 bridgehead atoms. The van der Waals surface area contributed by atoms with Crippen LogP contribution in [0, 0.1) is 6.92 Å². The van der Waals surface area contributed by atoms with Crippen LogP contribution in [0.4, 0.5) is 0 Å². The van der Waals surface area contributed by atoms with E-state index in [1.54, 1.807) is 24.0 Å². The Morgan fingerprint density at radius 2 is 1.54 bits per heavy atom. The van der Waals surface area contributed by atoms with Crippen molar-refractivity contribution in [2.75, 3.05) is 13.1 Å². The van der Waals surface area contributed by atoms with E-state index in [0.717, 1.165) is 18.4 Å². The summed E-state index contributed by atoms with van der Waals surface area (Å²) in [6, 6.07) is 4.72. The van der Waals surface area contributed by atoms with E-state index >= 15 is 0 Å². The molecule has 1 saturated heterocycles. The Bertz CT molecular complexity index is 707. The van der Waals surface area contributed by atoms with Gasteiger partial charge in [-0.2, -0.15) is 0 Å². The smallest absolute Gasteiger partial charge is 0.339 e. The van der Waals surface area contributed by atoms with Gasteiger partial charge in [0.25, 0.3) is 17.7 Å². The number of benzene rings is 1. The molecule has 1 aromatic rings. The highest BCUT2D eigenvalue weighted by atomic mass is 16.7. The van der Waals surface area contributed by atoms with Gasteiger partial charge in [-0.1, -0.05) is 13.8 Å². The van der Waals surface area contributed by atoms with Crippen molar-refractivity contribution in [3.63, 3.8) is 0 Å². The molecule has 1 aliphatic heterocycles. The molecule has 2 rings (SSSR count). The van der Waals surface area contributed by atoms with Crippen LogP contribution in [0.2, 0.25) is 0 Å². The minimum absolute atomic E-state index is 0.0344. The number of rotatable bonds is 7. The highest BCUT2D eigenvalue weighted by Crippen LogP contribution is 2.17. The van der Waals surface area contributed by atoms with Crippen LogP contribution >= 0.6 is 0 Å². The van der Waals surface area contributed by atoms with Crippen LogP contribution < -0.4 is 0 Å². The second kappa shape index (κ2) is 8.60. The van der Waals surface area contributed by atoms with Crippen molar-refractivity contribution in [2.24, 2.45) is 0 Å². The molecule has 140 valence electrons. The third-order valence-electron chi connectivity index (χ3n) is 4.01. The number of hydrogen-bond acceptors (Lipinski definition) is 5. The number of amides is 3. The summed E-state index contributed by atoms with van der Waals surface area (Å²) in [5.74, 6) is -2.06. The SMILES string of the molecule is CCCN(CCC)C(=O)c1cc(C)cc(C(=O)ON2C(=O)CCC2=O)c1. The molecule has 1 aromatic carbocycles. The van der Waals surface area contributed by atoms with Crippen LogP contribution in [-0.2, 0) is 14.4 Å². The van der Waals surface area contributed by atoms with E-state index in [1.165, 1.54) is 6.07 Å². The Labute approximate surface area is 152 Å². The van der Waals surface area contributed by atoms with Gasteiger partial charge in [0.15, 0.2) is 0 Å². The zero-order chi connectivity index (χ0) is 19.3. The Hall–Kier alpha value is -2.70. The molecule has 0 unspecified atom stereocenters. The summed E-state index contributed by atoms with van der Waals surface area (Å²) >= 11 is 0. The maximum atomic E-state index is 12.8. The lowest BCUT2D eigenvalue weighted by Crippen LogP contribution is -2.33. The first-order valence-electron chi connectivity index (χ1n) is 8.86. The Morgan fingerprint density at radius 1 is 1.00 bits per heavy atom. The first-order valence-corrected chi connectivity index (χ1v) is 8.86. The normalized spacial score (nSPS) is 13.9. The second-order valence-electron chi connectivity index (χ2n) is 6.34. The quantitative estimate of drug-likeness (QED) is 0.698. The van der Waals surface area contributed by atoms with E-state index in [-0.39, 0.29) is 24.3 Å². The standard InChI is InChI=1S/C19H24N2O5/c1-4-8-20(9-5-2)18(24)14-10-13(3)11-15(12-14)19(25)26-21-16(22)6-7-17(21)23/h10-12H,4-9H2,1-3H3. The van der Waals surface area contributed by atoms with Crippen LogP contribution in [0.1, 0.15) is 65.8 Å². The van der Waals surface area contributed by atoms with Gasteiger partial charge in [-0.15, -0.1) is 5.06 Å². The number of aryl methyl sites for hydroxylation is 1. The summed E-state index contributed by atoms with van der Waals surface area (Å²) in [6.45, 7) is 7.04. The summed E-state index contributed by atoms with van der Waals surface area (Å²) in [4.78, 5) is 55.0. The van der Waals surface area contributed by atoms with Crippen molar-refractivity contribution in [1.82, 2.24) is 9.96 Å². The van der Waals surface area contributed by atoms with Gasteiger partial charge in [0.05, 0.1) is 5.56 Å². The van der Waals surface area contributed by atoms with Gasteiger partial charge in [0, 0.05) is 31.5 Å². The molecule has 7 nitrogen and oxygen atoms in total. The zero-order valence-corrected chi connectivity index (χ0v) is 15.4. The van der Waals surface area contributed by atoms with Crippen LogP contribution in [0.3, 0.4) is 0 Å². The molecule has 0 saturated carbocycles. The van der Waals surface area contributed by atoms with Crippen LogP contribution in [0.25, 0.3) is 0 Å². The third-order valence-corrected chi connectivity index (χ3v) is 4.01. The number of hydroxylamine groups is 2. The van der Waals surface area contributed by atoms with Crippen molar-refractivity contribution in [2.45, 2.75) is 46.5 Å².